The first-order chi connectivity index (χ1) is 8.84. The van der Waals surface area contributed by atoms with Gasteiger partial charge in [0, 0.05) is 4.47 Å². The summed E-state index contributed by atoms with van der Waals surface area (Å²) in [5, 5.41) is 10.6. The van der Waals surface area contributed by atoms with Crippen molar-refractivity contribution in [2.75, 3.05) is 0 Å². The number of aryl methyl sites for hydroxylation is 1. The Labute approximate surface area is 119 Å². The van der Waals surface area contributed by atoms with Gasteiger partial charge in [0.05, 0.1) is 5.56 Å². The molecule has 0 bridgehead atoms. The molecule has 0 aliphatic heterocycles. The lowest BCUT2D eigenvalue weighted by Crippen LogP contribution is -2.26. The van der Waals surface area contributed by atoms with Crippen LogP contribution in [0.2, 0.25) is 0 Å². The van der Waals surface area contributed by atoms with Gasteiger partial charge in [-0.3, -0.25) is 0 Å². The number of halogens is 3. The smallest absolute Gasteiger partial charge is 0.135 e. The van der Waals surface area contributed by atoms with Gasteiger partial charge in [0.15, 0.2) is 0 Å². The van der Waals surface area contributed by atoms with Crippen molar-refractivity contribution in [2.45, 2.75) is 19.4 Å². The molecule has 0 aliphatic carbocycles. The second-order valence-corrected chi connectivity index (χ2v) is 5.55. The zero-order chi connectivity index (χ0) is 14.2. The van der Waals surface area contributed by atoms with E-state index in [4.69, 9.17) is 0 Å². The first kappa shape index (κ1) is 14.2. The first-order valence-corrected chi connectivity index (χ1v) is 6.57. The molecule has 0 spiro atoms. The fourth-order valence-electron chi connectivity index (χ4n) is 2.04. The molecule has 0 amide bonds. The van der Waals surface area contributed by atoms with Crippen LogP contribution in [-0.4, -0.2) is 5.11 Å². The van der Waals surface area contributed by atoms with Crippen molar-refractivity contribution in [1.29, 1.82) is 0 Å². The maximum Gasteiger partial charge on any atom is 0.135 e. The predicted molar refractivity (Wildman–Crippen MR) is 73.9 cm³/mol. The van der Waals surface area contributed by atoms with E-state index < -0.39 is 17.2 Å². The van der Waals surface area contributed by atoms with Crippen LogP contribution in [-0.2, 0) is 5.60 Å². The van der Waals surface area contributed by atoms with Gasteiger partial charge in [0.2, 0.25) is 0 Å². The molecule has 4 heteroatoms. The summed E-state index contributed by atoms with van der Waals surface area (Å²) >= 11 is 3.28. The first-order valence-electron chi connectivity index (χ1n) is 5.77. The molecule has 2 aromatic carbocycles. The second-order valence-electron chi connectivity index (χ2n) is 4.64. The van der Waals surface area contributed by atoms with E-state index in [0.29, 0.717) is 11.1 Å². The van der Waals surface area contributed by atoms with Crippen LogP contribution in [0.1, 0.15) is 23.6 Å². The number of benzene rings is 2. The van der Waals surface area contributed by atoms with Crippen molar-refractivity contribution in [3.8, 4) is 0 Å². The maximum absolute atomic E-state index is 14.1. The van der Waals surface area contributed by atoms with Crippen molar-refractivity contribution >= 4 is 15.9 Å². The van der Waals surface area contributed by atoms with Crippen LogP contribution in [0.5, 0.6) is 0 Å². The van der Waals surface area contributed by atoms with Gasteiger partial charge < -0.3 is 5.11 Å². The number of hydrogen-bond acceptors (Lipinski definition) is 1. The standard InChI is InChI=1S/C15H13BrF2O/c1-9-6-7-12(17)13(14(9)18)15(2,19)10-4-3-5-11(16)8-10/h3-8,19H,1-2H3. The van der Waals surface area contributed by atoms with Gasteiger partial charge in [-0.05, 0) is 43.2 Å². The van der Waals surface area contributed by atoms with Gasteiger partial charge in [0.1, 0.15) is 17.2 Å². The molecule has 0 saturated carbocycles. The molecular weight excluding hydrogens is 314 g/mol. The predicted octanol–water partition coefficient (Wildman–Crippen LogP) is 4.29. The molecule has 1 unspecified atom stereocenters. The molecule has 1 N–H and O–H groups in total. The van der Waals surface area contributed by atoms with Gasteiger partial charge in [-0.2, -0.15) is 0 Å². The summed E-state index contributed by atoms with van der Waals surface area (Å²) in [6.45, 7) is 2.92. The van der Waals surface area contributed by atoms with E-state index in [9.17, 15) is 13.9 Å². The van der Waals surface area contributed by atoms with Crippen molar-refractivity contribution < 1.29 is 13.9 Å². The summed E-state index contributed by atoms with van der Waals surface area (Å²) in [5.41, 5.74) is -1.34. The van der Waals surface area contributed by atoms with E-state index in [1.165, 1.54) is 26.0 Å². The largest absolute Gasteiger partial charge is 0.380 e. The number of hydrogen-bond donors (Lipinski definition) is 1. The van der Waals surface area contributed by atoms with Crippen molar-refractivity contribution in [3.05, 3.63) is 69.2 Å². The zero-order valence-electron chi connectivity index (χ0n) is 10.5. The molecular formula is C15H13BrF2O. The van der Waals surface area contributed by atoms with E-state index >= 15 is 0 Å². The fraction of sp³-hybridized carbons (Fsp3) is 0.200. The highest BCUT2D eigenvalue weighted by Crippen LogP contribution is 2.34. The monoisotopic (exact) mass is 326 g/mol. The highest BCUT2D eigenvalue weighted by atomic mass is 79.9. The molecule has 0 aromatic heterocycles. The third-order valence-electron chi connectivity index (χ3n) is 3.16. The van der Waals surface area contributed by atoms with Gasteiger partial charge in [0.25, 0.3) is 0 Å². The molecule has 1 atom stereocenters. The molecule has 100 valence electrons. The molecule has 0 heterocycles. The molecule has 0 radical (unpaired) electrons. The van der Waals surface area contributed by atoms with E-state index in [0.717, 1.165) is 4.47 Å². The highest BCUT2D eigenvalue weighted by molar-refractivity contribution is 9.10. The van der Waals surface area contributed by atoms with Crippen molar-refractivity contribution in [2.24, 2.45) is 0 Å². The third kappa shape index (κ3) is 2.55. The minimum Gasteiger partial charge on any atom is -0.380 e. The van der Waals surface area contributed by atoms with Crippen molar-refractivity contribution in [1.82, 2.24) is 0 Å². The van der Waals surface area contributed by atoms with Gasteiger partial charge in [-0.15, -0.1) is 0 Å². The average Bonchev–Trinajstić information content (AvgIpc) is 2.34. The minimum atomic E-state index is -1.73. The molecule has 2 aromatic rings. The Balaban J connectivity index is 2.66. The summed E-state index contributed by atoms with van der Waals surface area (Å²) in [7, 11) is 0. The average molecular weight is 327 g/mol. The van der Waals surface area contributed by atoms with E-state index in [1.54, 1.807) is 24.3 Å². The van der Waals surface area contributed by atoms with E-state index in [-0.39, 0.29) is 5.56 Å². The summed E-state index contributed by atoms with van der Waals surface area (Å²) in [6, 6.07) is 9.28. The third-order valence-corrected chi connectivity index (χ3v) is 3.65. The number of rotatable bonds is 2. The Morgan fingerprint density at radius 1 is 1.16 bits per heavy atom. The van der Waals surface area contributed by atoms with Crippen LogP contribution in [0.3, 0.4) is 0 Å². The highest BCUT2D eigenvalue weighted by Gasteiger charge is 2.32. The molecule has 19 heavy (non-hydrogen) atoms. The quantitative estimate of drug-likeness (QED) is 0.872. The van der Waals surface area contributed by atoms with Crippen molar-refractivity contribution in [3.63, 3.8) is 0 Å². The Morgan fingerprint density at radius 2 is 1.84 bits per heavy atom. The fourth-order valence-corrected chi connectivity index (χ4v) is 2.44. The van der Waals surface area contributed by atoms with Crippen LogP contribution in [0.25, 0.3) is 0 Å². The van der Waals surface area contributed by atoms with Crippen LogP contribution < -0.4 is 0 Å². The summed E-state index contributed by atoms with van der Waals surface area (Å²) in [6.07, 6.45) is 0. The lowest BCUT2D eigenvalue weighted by Gasteiger charge is -2.26. The van der Waals surface area contributed by atoms with Crippen LogP contribution in [0.4, 0.5) is 8.78 Å². The SMILES string of the molecule is Cc1ccc(F)c(C(C)(O)c2cccc(Br)c2)c1F. The molecule has 0 aliphatic rings. The Hall–Kier alpha value is -1.26. The minimum absolute atomic E-state index is 0.298. The molecule has 0 fully saturated rings. The topological polar surface area (TPSA) is 20.2 Å². The lowest BCUT2D eigenvalue weighted by atomic mass is 9.86. The Bertz CT molecular complexity index is 624. The van der Waals surface area contributed by atoms with Gasteiger partial charge in [-0.1, -0.05) is 34.1 Å². The Morgan fingerprint density at radius 3 is 2.47 bits per heavy atom. The maximum atomic E-state index is 14.1. The normalized spacial score (nSPS) is 14.2. The number of aliphatic hydroxyl groups is 1. The van der Waals surface area contributed by atoms with Crippen LogP contribution in [0.15, 0.2) is 40.9 Å². The molecule has 0 saturated heterocycles. The van der Waals surface area contributed by atoms with E-state index in [2.05, 4.69) is 15.9 Å². The summed E-state index contributed by atoms with van der Waals surface area (Å²) in [4.78, 5) is 0. The summed E-state index contributed by atoms with van der Waals surface area (Å²) < 4.78 is 28.8. The molecule has 2 rings (SSSR count). The summed E-state index contributed by atoms with van der Waals surface area (Å²) in [5.74, 6) is -1.47. The Kier molecular flexibility index (Phi) is 3.74. The second kappa shape index (κ2) is 5.02. The lowest BCUT2D eigenvalue weighted by molar-refractivity contribution is 0.0931. The zero-order valence-corrected chi connectivity index (χ0v) is 12.1. The molecule has 1 nitrogen and oxygen atoms in total. The van der Waals surface area contributed by atoms with E-state index in [1.807, 2.05) is 0 Å². The van der Waals surface area contributed by atoms with Gasteiger partial charge in [-0.25, -0.2) is 8.78 Å². The van der Waals surface area contributed by atoms with Crippen LogP contribution >= 0.6 is 15.9 Å². The van der Waals surface area contributed by atoms with Gasteiger partial charge >= 0.3 is 0 Å². The van der Waals surface area contributed by atoms with Crippen LogP contribution in [0, 0.1) is 18.6 Å².